The van der Waals surface area contributed by atoms with Crippen LogP contribution in [0.3, 0.4) is 0 Å². The van der Waals surface area contributed by atoms with Crippen molar-refractivity contribution in [3.05, 3.63) is 12.2 Å². The van der Waals surface area contributed by atoms with Crippen LogP contribution in [0, 0.1) is 0 Å². The van der Waals surface area contributed by atoms with Gasteiger partial charge in [0.05, 0.1) is 12.6 Å². The summed E-state index contributed by atoms with van der Waals surface area (Å²) >= 11 is -1.23. The summed E-state index contributed by atoms with van der Waals surface area (Å²) in [5.74, 6) is 0. The number of nitrogens with one attached hydrogen (secondary N) is 1. The summed E-state index contributed by atoms with van der Waals surface area (Å²) < 4.78 is 20.8. The van der Waals surface area contributed by atoms with Gasteiger partial charge in [-0.3, -0.25) is 0 Å². The molecule has 0 amide bonds. The van der Waals surface area contributed by atoms with E-state index in [1.807, 2.05) is 20.8 Å². The second-order valence-corrected chi connectivity index (χ2v) is 15.1. The van der Waals surface area contributed by atoms with E-state index >= 15 is 0 Å². The van der Waals surface area contributed by atoms with Gasteiger partial charge in [0, 0.05) is 18.0 Å². The largest absolute Gasteiger partial charge is 0.598 e. The summed E-state index contributed by atoms with van der Waals surface area (Å²) in [7, 11) is -1.76. The van der Waals surface area contributed by atoms with E-state index in [1.165, 1.54) is 0 Å². The highest BCUT2D eigenvalue weighted by Crippen LogP contribution is 2.36. The van der Waals surface area contributed by atoms with E-state index < -0.39 is 19.7 Å². The first-order valence-electron chi connectivity index (χ1n) is 7.83. The van der Waals surface area contributed by atoms with E-state index in [0.29, 0.717) is 13.0 Å². The van der Waals surface area contributed by atoms with Crippen LogP contribution in [0.2, 0.25) is 18.1 Å². The molecule has 0 bridgehead atoms. The van der Waals surface area contributed by atoms with Crippen LogP contribution < -0.4 is 4.72 Å². The minimum absolute atomic E-state index is 0.110. The van der Waals surface area contributed by atoms with Crippen molar-refractivity contribution >= 4 is 19.7 Å². The predicted molar refractivity (Wildman–Crippen MR) is 98.8 cm³/mol. The zero-order chi connectivity index (χ0) is 17.8. The maximum absolute atomic E-state index is 12.1. The Balaban J connectivity index is 4.46. The average molecular weight is 350 g/mol. The van der Waals surface area contributed by atoms with Crippen molar-refractivity contribution in [3.63, 3.8) is 0 Å². The summed E-state index contributed by atoms with van der Waals surface area (Å²) in [6.07, 6.45) is 0.659. The van der Waals surface area contributed by atoms with E-state index in [1.54, 1.807) is 0 Å². The van der Waals surface area contributed by atoms with Gasteiger partial charge in [-0.2, -0.15) is 0 Å². The zero-order valence-corrected chi connectivity index (χ0v) is 17.4. The van der Waals surface area contributed by atoms with Crippen LogP contribution in [0.25, 0.3) is 0 Å². The fraction of sp³-hybridized carbons (Fsp3) is 0.875. The third kappa shape index (κ3) is 7.15. The van der Waals surface area contributed by atoms with Gasteiger partial charge < -0.3 is 14.1 Å². The minimum atomic E-state index is -1.76. The van der Waals surface area contributed by atoms with E-state index in [4.69, 9.17) is 4.43 Å². The van der Waals surface area contributed by atoms with Gasteiger partial charge >= 0.3 is 0 Å². The first-order valence-corrected chi connectivity index (χ1v) is 11.9. The molecule has 0 fully saturated rings. The van der Waals surface area contributed by atoms with Crippen molar-refractivity contribution in [2.45, 2.75) is 76.9 Å². The number of hydrogen-bond acceptors (Lipinski definition) is 4. The van der Waals surface area contributed by atoms with Gasteiger partial charge in [-0.25, -0.2) is 0 Å². The smallest absolute Gasteiger partial charge is 0.191 e. The molecule has 0 radical (unpaired) electrons. The Morgan fingerprint density at radius 1 is 1.27 bits per heavy atom. The molecule has 0 aliphatic carbocycles. The Bertz CT molecular complexity index is 361. The van der Waals surface area contributed by atoms with E-state index in [0.717, 1.165) is 5.57 Å². The van der Waals surface area contributed by atoms with Gasteiger partial charge in [0.15, 0.2) is 8.32 Å². The highest BCUT2D eigenvalue weighted by atomic mass is 32.2. The minimum Gasteiger partial charge on any atom is -0.598 e. The van der Waals surface area contributed by atoms with Gasteiger partial charge in [-0.15, -0.1) is 4.72 Å². The van der Waals surface area contributed by atoms with Crippen LogP contribution in [0.4, 0.5) is 0 Å². The fourth-order valence-electron chi connectivity index (χ4n) is 1.38. The number of hydrogen-bond donors (Lipinski definition) is 2. The molecule has 0 aromatic heterocycles. The summed E-state index contributed by atoms with van der Waals surface area (Å²) in [5.41, 5.74) is 0.832. The molecule has 0 aromatic rings. The van der Waals surface area contributed by atoms with Crippen molar-refractivity contribution in [2.75, 3.05) is 13.2 Å². The lowest BCUT2D eigenvalue weighted by Gasteiger charge is -2.36. The molecular weight excluding hydrogens is 314 g/mol. The van der Waals surface area contributed by atoms with Crippen molar-refractivity contribution in [2.24, 2.45) is 0 Å². The predicted octanol–water partition coefficient (Wildman–Crippen LogP) is 3.37. The lowest BCUT2D eigenvalue weighted by atomic mass is 10.1. The molecule has 0 spiro atoms. The lowest BCUT2D eigenvalue weighted by molar-refractivity contribution is 0.257. The highest BCUT2D eigenvalue weighted by Gasteiger charge is 2.37. The molecule has 0 aliphatic rings. The van der Waals surface area contributed by atoms with E-state index in [-0.39, 0.29) is 22.4 Å². The Kier molecular flexibility index (Phi) is 8.36. The first-order chi connectivity index (χ1) is 9.72. The third-order valence-electron chi connectivity index (χ3n) is 4.17. The Hall–Kier alpha value is 0.147. The molecule has 0 saturated carbocycles. The fourth-order valence-corrected chi connectivity index (χ4v) is 3.28. The van der Waals surface area contributed by atoms with Crippen LogP contribution in [0.5, 0.6) is 0 Å². The maximum Gasteiger partial charge on any atom is 0.191 e. The molecule has 0 aliphatic heterocycles. The number of aliphatic hydroxyl groups excluding tert-OH is 1. The Morgan fingerprint density at radius 2 is 1.77 bits per heavy atom. The molecule has 6 heteroatoms. The first kappa shape index (κ1) is 22.1. The van der Waals surface area contributed by atoms with Crippen molar-refractivity contribution in [3.8, 4) is 0 Å². The Morgan fingerprint density at radius 3 is 2.14 bits per heavy atom. The number of rotatable bonds is 8. The monoisotopic (exact) mass is 349 g/mol. The average Bonchev–Trinajstić information content (AvgIpc) is 2.32. The van der Waals surface area contributed by atoms with Gasteiger partial charge in [0.2, 0.25) is 0 Å². The van der Waals surface area contributed by atoms with Gasteiger partial charge in [-0.1, -0.05) is 32.9 Å². The molecule has 132 valence electrons. The molecule has 0 saturated heterocycles. The van der Waals surface area contributed by atoms with E-state index in [2.05, 4.69) is 45.2 Å². The third-order valence-corrected chi connectivity index (χ3v) is 10.3. The number of aliphatic hydroxyl groups is 1. The van der Waals surface area contributed by atoms with Crippen LogP contribution in [-0.4, -0.2) is 42.0 Å². The second kappa shape index (κ2) is 8.31. The van der Waals surface area contributed by atoms with E-state index in [9.17, 15) is 9.66 Å². The van der Waals surface area contributed by atoms with Gasteiger partial charge in [0.1, 0.15) is 4.75 Å². The quantitative estimate of drug-likeness (QED) is 0.401. The van der Waals surface area contributed by atoms with Crippen LogP contribution in [-0.2, 0) is 15.8 Å². The molecule has 4 nitrogen and oxygen atoms in total. The summed E-state index contributed by atoms with van der Waals surface area (Å²) in [5, 5.41) is 9.69. The normalized spacial score (nSPS) is 16.5. The SMILES string of the molecule is C=C(CCO[Si](C)(C)C(C)(C)C)[C@@H](CO)N[S+]([O-])C(C)(C)C. The Labute approximate surface area is 141 Å². The molecule has 1 unspecified atom stereocenters. The molecule has 2 atom stereocenters. The topological polar surface area (TPSA) is 64.5 Å². The zero-order valence-electron chi connectivity index (χ0n) is 15.6. The molecule has 0 rings (SSSR count). The summed E-state index contributed by atoms with van der Waals surface area (Å²) in [6.45, 7) is 21.2. The molecular formula is C16H35NO3SSi. The van der Waals surface area contributed by atoms with Crippen molar-refractivity contribution in [1.82, 2.24) is 4.72 Å². The van der Waals surface area contributed by atoms with Crippen LogP contribution in [0.1, 0.15) is 48.0 Å². The van der Waals surface area contributed by atoms with Crippen LogP contribution in [0.15, 0.2) is 12.2 Å². The molecule has 22 heavy (non-hydrogen) atoms. The van der Waals surface area contributed by atoms with Gasteiger partial charge in [-0.05, 0) is 45.3 Å². The van der Waals surface area contributed by atoms with Gasteiger partial charge in [0.25, 0.3) is 0 Å². The standard InChI is InChI=1S/C16H35NO3SSi/c1-13(10-11-20-22(8,9)16(5,6)7)14(12-18)17-21(19)15(2,3)4/h14,17-18H,1,10-12H2,2-9H3/t14-,21?/m1/s1. The van der Waals surface area contributed by atoms with Crippen LogP contribution >= 0.6 is 0 Å². The maximum atomic E-state index is 12.1. The van der Waals surface area contributed by atoms with Crippen molar-refractivity contribution in [1.29, 1.82) is 0 Å². The lowest BCUT2D eigenvalue weighted by Crippen LogP contribution is -2.47. The molecule has 0 heterocycles. The van der Waals surface area contributed by atoms with Crippen molar-refractivity contribution < 1.29 is 14.1 Å². The molecule has 2 N–H and O–H groups in total. The highest BCUT2D eigenvalue weighted by molar-refractivity contribution is 7.90. The summed E-state index contributed by atoms with van der Waals surface area (Å²) in [4.78, 5) is 0. The second-order valence-electron chi connectivity index (χ2n) is 8.25. The summed E-state index contributed by atoms with van der Waals surface area (Å²) in [6, 6.07) is -0.358. The molecule has 0 aromatic carbocycles.